The summed E-state index contributed by atoms with van der Waals surface area (Å²) in [6.45, 7) is 6.59. The summed E-state index contributed by atoms with van der Waals surface area (Å²) >= 11 is 1.66. The summed E-state index contributed by atoms with van der Waals surface area (Å²) in [5.74, 6) is -0.482. The van der Waals surface area contributed by atoms with Gasteiger partial charge in [0.1, 0.15) is 0 Å². The number of carbonyl (C=O) groups is 1. The molecule has 2 aromatic heterocycles. The van der Waals surface area contributed by atoms with E-state index in [9.17, 15) is 4.79 Å². The van der Waals surface area contributed by atoms with Gasteiger partial charge in [0.25, 0.3) is 0 Å². The number of benzene rings is 1. The van der Waals surface area contributed by atoms with E-state index in [0.717, 1.165) is 26.5 Å². The number of fused-ring (bicyclic) bond motifs is 1. The Labute approximate surface area is 143 Å². The maximum atomic E-state index is 12.2. The van der Waals surface area contributed by atoms with Crippen LogP contribution in [0.5, 0.6) is 0 Å². The normalized spacial score (nSPS) is 10.8. The first-order chi connectivity index (χ1) is 11.6. The molecule has 0 unspecified atom stereocenters. The number of rotatable bonds is 5. The summed E-state index contributed by atoms with van der Waals surface area (Å²) in [6.07, 6.45) is 0. The number of hydrogen-bond acceptors (Lipinski definition) is 7. The van der Waals surface area contributed by atoms with E-state index in [1.165, 1.54) is 0 Å². The summed E-state index contributed by atoms with van der Waals surface area (Å²) in [6, 6.07) is 7.57. The van der Waals surface area contributed by atoms with Crippen molar-refractivity contribution in [2.24, 2.45) is 0 Å². The Hall–Kier alpha value is -2.54. The van der Waals surface area contributed by atoms with Gasteiger partial charge in [-0.1, -0.05) is 18.2 Å². The first-order valence-electron chi connectivity index (χ1n) is 7.69. The molecule has 0 aliphatic rings. The molecule has 0 radical (unpaired) electrons. The molecule has 24 heavy (non-hydrogen) atoms. The molecule has 6 nitrogen and oxygen atoms in total. The minimum Gasteiger partial charge on any atom is -0.461 e. The number of nitrogens with zero attached hydrogens (tertiary/aromatic N) is 3. The van der Waals surface area contributed by atoms with Crippen LogP contribution in [0.4, 0.5) is 5.69 Å². The molecule has 0 aliphatic carbocycles. The summed E-state index contributed by atoms with van der Waals surface area (Å²) in [7, 11) is 0. The molecule has 0 aliphatic heterocycles. The lowest BCUT2D eigenvalue weighted by Gasteiger charge is -2.12. The van der Waals surface area contributed by atoms with E-state index in [-0.39, 0.29) is 12.3 Å². The molecule has 0 saturated heterocycles. The summed E-state index contributed by atoms with van der Waals surface area (Å²) < 4.78 is 5.10. The minimum atomic E-state index is -0.482. The van der Waals surface area contributed by atoms with Gasteiger partial charge in [0.15, 0.2) is 5.69 Å². The molecule has 0 atom stereocenters. The van der Waals surface area contributed by atoms with E-state index in [2.05, 4.69) is 20.5 Å². The molecule has 1 aromatic carbocycles. The molecule has 0 bridgehead atoms. The fraction of sp³-hybridized carbons (Fsp3) is 0.294. The lowest BCUT2D eigenvalue weighted by atomic mass is 10.1. The van der Waals surface area contributed by atoms with Crippen molar-refractivity contribution in [2.75, 3.05) is 11.9 Å². The topological polar surface area (TPSA) is 77.0 Å². The fourth-order valence-corrected chi connectivity index (χ4v) is 3.32. The van der Waals surface area contributed by atoms with Crippen molar-refractivity contribution in [3.63, 3.8) is 0 Å². The van der Waals surface area contributed by atoms with Crippen LogP contribution >= 0.6 is 11.3 Å². The van der Waals surface area contributed by atoms with E-state index in [1.807, 2.05) is 38.1 Å². The molecule has 3 aromatic rings. The van der Waals surface area contributed by atoms with Crippen LogP contribution in [0.15, 0.2) is 24.3 Å². The number of carbonyl (C=O) groups excluding carboxylic acids is 1. The maximum absolute atomic E-state index is 12.2. The summed E-state index contributed by atoms with van der Waals surface area (Å²) in [5, 5.41) is 13.3. The molecule has 0 saturated carbocycles. The van der Waals surface area contributed by atoms with Gasteiger partial charge in [-0.3, -0.25) is 0 Å². The van der Waals surface area contributed by atoms with E-state index in [4.69, 9.17) is 4.74 Å². The first kappa shape index (κ1) is 16.3. The Balaban J connectivity index is 2.01. The second kappa shape index (κ2) is 6.92. The van der Waals surface area contributed by atoms with E-state index in [0.29, 0.717) is 12.2 Å². The fourth-order valence-electron chi connectivity index (χ4n) is 2.48. The maximum Gasteiger partial charge on any atom is 0.361 e. The van der Waals surface area contributed by atoms with Crippen LogP contribution in [0.3, 0.4) is 0 Å². The Kier molecular flexibility index (Phi) is 4.71. The number of aromatic nitrogens is 3. The first-order valence-corrected chi connectivity index (χ1v) is 8.51. The molecule has 0 amide bonds. The third-order valence-electron chi connectivity index (χ3n) is 3.57. The van der Waals surface area contributed by atoms with Gasteiger partial charge in [0, 0.05) is 10.3 Å². The van der Waals surface area contributed by atoms with Gasteiger partial charge in [-0.25, -0.2) is 9.78 Å². The van der Waals surface area contributed by atoms with Crippen molar-refractivity contribution < 1.29 is 9.53 Å². The zero-order chi connectivity index (χ0) is 17.1. The van der Waals surface area contributed by atoms with Crippen LogP contribution in [0.2, 0.25) is 0 Å². The van der Waals surface area contributed by atoms with Crippen molar-refractivity contribution in [1.82, 2.24) is 15.2 Å². The number of nitrogens with one attached hydrogen (secondary N) is 1. The Morgan fingerprint density at radius 1 is 1.25 bits per heavy atom. The molecular formula is C17H18N4O2S. The van der Waals surface area contributed by atoms with E-state index < -0.39 is 5.97 Å². The molecule has 7 heteroatoms. The van der Waals surface area contributed by atoms with Gasteiger partial charge in [0.05, 0.1) is 35.1 Å². The highest BCUT2D eigenvalue weighted by molar-refractivity contribution is 7.11. The van der Waals surface area contributed by atoms with E-state index >= 15 is 0 Å². The van der Waals surface area contributed by atoms with Gasteiger partial charge in [-0.15, -0.1) is 21.5 Å². The monoisotopic (exact) mass is 342 g/mol. The van der Waals surface area contributed by atoms with E-state index in [1.54, 1.807) is 18.3 Å². The molecular weight excluding hydrogens is 324 g/mol. The van der Waals surface area contributed by atoms with Crippen LogP contribution < -0.4 is 5.32 Å². The number of esters is 1. The Morgan fingerprint density at radius 2 is 2.04 bits per heavy atom. The highest BCUT2D eigenvalue weighted by Gasteiger charge is 2.19. The quantitative estimate of drug-likeness (QED) is 0.715. The zero-order valence-electron chi connectivity index (χ0n) is 13.8. The molecule has 2 heterocycles. The van der Waals surface area contributed by atoms with Crippen LogP contribution in [0, 0.1) is 13.8 Å². The van der Waals surface area contributed by atoms with Crippen LogP contribution in [0.25, 0.3) is 10.9 Å². The zero-order valence-corrected chi connectivity index (χ0v) is 14.6. The third-order valence-corrected chi connectivity index (χ3v) is 4.50. The SMILES string of the molecule is CCOC(=O)c1nnc2ccccc2c1NCc1nc(C)sc1C. The van der Waals surface area contributed by atoms with Crippen LogP contribution in [-0.2, 0) is 11.3 Å². The van der Waals surface area contributed by atoms with Crippen LogP contribution in [-0.4, -0.2) is 27.8 Å². The predicted octanol–water partition coefficient (Wildman–Crippen LogP) is 3.49. The van der Waals surface area contributed by atoms with Gasteiger partial charge in [-0.05, 0) is 26.8 Å². The second-order valence-corrected chi connectivity index (χ2v) is 6.66. The number of anilines is 1. The number of aryl methyl sites for hydroxylation is 2. The van der Waals surface area contributed by atoms with Gasteiger partial charge >= 0.3 is 5.97 Å². The Bertz CT molecular complexity index is 891. The minimum absolute atomic E-state index is 0.195. The lowest BCUT2D eigenvalue weighted by molar-refractivity contribution is 0.0519. The van der Waals surface area contributed by atoms with Crippen molar-refractivity contribution in [2.45, 2.75) is 27.3 Å². The second-order valence-electron chi connectivity index (χ2n) is 5.25. The number of ether oxygens (including phenoxy) is 1. The highest BCUT2D eigenvalue weighted by Crippen LogP contribution is 2.26. The predicted molar refractivity (Wildman–Crippen MR) is 94.4 cm³/mol. The molecule has 0 spiro atoms. The molecule has 1 N–H and O–H groups in total. The van der Waals surface area contributed by atoms with Crippen molar-refractivity contribution in [1.29, 1.82) is 0 Å². The Morgan fingerprint density at radius 3 is 2.75 bits per heavy atom. The average molecular weight is 342 g/mol. The van der Waals surface area contributed by atoms with Crippen molar-refractivity contribution >= 4 is 33.9 Å². The van der Waals surface area contributed by atoms with Crippen molar-refractivity contribution in [3.8, 4) is 0 Å². The number of hydrogen-bond donors (Lipinski definition) is 1. The lowest BCUT2D eigenvalue weighted by Crippen LogP contribution is -2.14. The highest BCUT2D eigenvalue weighted by atomic mass is 32.1. The molecule has 3 rings (SSSR count). The molecule has 0 fully saturated rings. The van der Waals surface area contributed by atoms with Gasteiger partial charge in [0.2, 0.25) is 0 Å². The van der Waals surface area contributed by atoms with Gasteiger partial charge in [-0.2, -0.15) is 0 Å². The van der Waals surface area contributed by atoms with Crippen molar-refractivity contribution in [3.05, 3.63) is 45.5 Å². The van der Waals surface area contributed by atoms with Gasteiger partial charge < -0.3 is 10.1 Å². The standard InChI is InChI=1S/C17H18N4O2S/c1-4-23-17(22)16-15(12-7-5-6-8-13(12)20-21-16)18-9-14-10(2)24-11(3)19-14/h5-8H,4,9H2,1-3H3,(H,18,20). The number of thiazole rings is 1. The average Bonchev–Trinajstić information content (AvgIpc) is 2.90. The summed E-state index contributed by atoms with van der Waals surface area (Å²) in [5.41, 5.74) is 2.51. The molecule has 124 valence electrons. The smallest absolute Gasteiger partial charge is 0.361 e. The largest absolute Gasteiger partial charge is 0.461 e. The summed E-state index contributed by atoms with van der Waals surface area (Å²) in [4.78, 5) is 17.9. The van der Waals surface area contributed by atoms with Crippen LogP contribution in [0.1, 0.15) is 33.0 Å². The third kappa shape index (κ3) is 3.21.